The highest BCUT2D eigenvalue weighted by Gasteiger charge is 2.31. The van der Waals surface area contributed by atoms with Gasteiger partial charge in [0, 0.05) is 32.1 Å². The number of nitrogens with zero attached hydrogens (tertiary/aromatic N) is 2. The topological polar surface area (TPSA) is 59.1 Å². The third-order valence-electron chi connectivity index (χ3n) is 3.16. The molecule has 2 amide bonds. The molecule has 134 valence electrons. The fraction of sp³-hybridized carbons (Fsp3) is 0.875. The van der Waals surface area contributed by atoms with E-state index < -0.39 is 11.2 Å². The lowest BCUT2D eigenvalue weighted by atomic mass is 10.1. The van der Waals surface area contributed by atoms with Crippen LogP contribution in [0.4, 0.5) is 9.59 Å². The third kappa shape index (κ3) is 7.33. The molecule has 0 N–H and O–H groups in total. The summed E-state index contributed by atoms with van der Waals surface area (Å²) in [4.78, 5) is 27.9. The Morgan fingerprint density at radius 2 is 1.26 bits per heavy atom. The molecule has 0 bridgehead atoms. The van der Waals surface area contributed by atoms with E-state index in [-0.39, 0.29) is 18.1 Å². The van der Waals surface area contributed by atoms with Crippen LogP contribution in [-0.2, 0) is 9.47 Å². The number of thiol groups is 1. The Morgan fingerprint density at radius 3 is 1.52 bits per heavy atom. The Bertz CT molecular complexity index is 391. The van der Waals surface area contributed by atoms with Crippen LogP contribution in [0.3, 0.4) is 0 Å². The molecule has 0 spiro atoms. The van der Waals surface area contributed by atoms with E-state index in [1.807, 2.05) is 41.5 Å². The Balaban J connectivity index is 2.75. The molecule has 0 aromatic rings. The minimum atomic E-state index is -0.537. The van der Waals surface area contributed by atoms with Crippen LogP contribution in [0.25, 0.3) is 0 Å². The number of hydrogen-bond donors (Lipinski definition) is 1. The van der Waals surface area contributed by atoms with E-state index in [1.165, 1.54) is 0 Å². The maximum Gasteiger partial charge on any atom is 0.410 e. The Hall–Kier alpha value is -1.11. The lowest BCUT2D eigenvalue weighted by molar-refractivity contribution is 0.0200. The van der Waals surface area contributed by atoms with Gasteiger partial charge in [-0.25, -0.2) is 9.59 Å². The van der Waals surface area contributed by atoms with Gasteiger partial charge in [0.2, 0.25) is 0 Å². The van der Waals surface area contributed by atoms with Crippen LogP contribution in [0.1, 0.15) is 41.5 Å². The molecule has 1 aliphatic rings. The fourth-order valence-corrected chi connectivity index (χ4v) is 2.44. The monoisotopic (exact) mass is 346 g/mol. The van der Waals surface area contributed by atoms with Crippen molar-refractivity contribution in [2.75, 3.05) is 31.9 Å². The number of amides is 2. The summed E-state index contributed by atoms with van der Waals surface area (Å²) in [5.74, 6) is 0.666. The summed E-state index contributed by atoms with van der Waals surface area (Å²) in [6, 6.07) is 0. The van der Waals surface area contributed by atoms with Crippen LogP contribution in [0.5, 0.6) is 0 Å². The van der Waals surface area contributed by atoms with Crippen molar-refractivity contribution >= 4 is 24.8 Å². The van der Waals surface area contributed by atoms with Crippen LogP contribution < -0.4 is 0 Å². The molecule has 1 rings (SSSR count). The first kappa shape index (κ1) is 19.9. The summed E-state index contributed by atoms with van der Waals surface area (Å²) in [6.45, 7) is 12.9. The summed E-state index contributed by atoms with van der Waals surface area (Å²) >= 11 is 4.34. The van der Waals surface area contributed by atoms with E-state index in [2.05, 4.69) is 12.6 Å². The van der Waals surface area contributed by atoms with Gasteiger partial charge in [-0.05, 0) is 47.3 Å². The second-order valence-electron chi connectivity index (χ2n) is 7.90. The van der Waals surface area contributed by atoms with Crippen molar-refractivity contribution in [3.63, 3.8) is 0 Å². The van der Waals surface area contributed by atoms with E-state index in [0.717, 1.165) is 0 Å². The van der Waals surface area contributed by atoms with Gasteiger partial charge in [0.25, 0.3) is 0 Å². The van der Waals surface area contributed by atoms with Crippen molar-refractivity contribution in [2.45, 2.75) is 52.7 Å². The van der Waals surface area contributed by atoms with E-state index in [4.69, 9.17) is 9.47 Å². The number of ether oxygens (including phenoxy) is 2. The standard InChI is InChI=1S/C16H30N2O4S/c1-15(2,3)21-13(19)17-7-8-18(10-12(9-17)11-23)14(20)22-16(4,5)6/h12,23H,7-11H2,1-6H3. The highest BCUT2D eigenvalue weighted by atomic mass is 32.1. The van der Waals surface area contributed by atoms with Crippen LogP contribution in [0.2, 0.25) is 0 Å². The minimum absolute atomic E-state index is 0.0841. The summed E-state index contributed by atoms with van der Waals surface area (Å²) in [7, 11) is 0. The molecule has 1 heterocycles. The van der Waals surface area contributed by atoms with Crippen molar-refractivity contribution in [2.24, 2.45) is 5.92 Å². The van der Waals surface area contributed by atoms with Gasteiger partial charge in [-0.1, -0.05) is 0 Å². The molecule has 0 radical (unpaired) electrons. The highest BCUT2D eigenvalue weighted by Crippen LogP contribution is 2.18. The predicted molar refractivity (Wildman–Crippen MR) is 93.0 cm³/mol. The summed E-state index contributed by atoms with van der Waals surface area (Å²) in [5.41, 5.74) is -1.07. The van der Waals surface area contributed by atoms with Gasteiger partial charge >= 0.3 is 12.2 Å². The largest absolute Gasteiger partial charge is 0.444 e. The van der Waals surface area contributed by atoms with Crippen molar-refractivity contribution in [1.82, 2.24) is 9.80 Å². The zero-order valence-corrected chi connectivity index (χ0v) is 16.0. The predicted octanol–water partition coefficient (Wildman–Crippen LogP) is 3.02. The zero-order chi connectivity index (χ0) is 17.8. The molecule has 1 fully saturated rings. The molecule has 6 nitrogen and oxygen atoms in total. The van der Waals surface area contributed by atoms with Crippen LogP contribution in [0.15, 0.2) is 0 Å². The van der Waals surface area contributed by atoms with E-state index >= 15 is 0 Å². The summed E-state index contributed by atoms with van der Waals surface area (Å²) in [5, 5.41) is 0. The van der Waals surface area contributed by atoms with Gasteiger partial charge in [0.1, 0.15) is 11.2 Å². The molecule has 0 aromatic heterocycles. The third-order valence-corrected chi connectivity index (χ3v) is 3.67. The van der Waals surface area contributed by atoms with Gasteiger partial charge in [0.05, 0.1) is 0 Å². The molecule has 7 heteroatoms. The van der Waals surface area contributed by atoms with E-state index in [0.29, 0.717) is 31.9 Å². The second kappa shape index (κ2) is 7.64. The quantitative estimate of drug-likeness (QED) is 0.742. The van der Waals surface area contributed by atoms with Gasteiger partial charge in [0.15, 0.2) is 0 Å². The lowest BCUT2D eigenvalue weighted by Gasteiger charge is -2.27. The smallest absolute Gasteiger partial charge is 0.410 e. The Morgan fingerprint density at radius 1 is 0.913 bits per heavy atom. The van der Waals surface area contributed by atoms with Crippen molar-refractivity contribution in [3.8, 4) is 0 Å². The van der Waals surface area contributed by atoms with Crippen LogP contribution in [-0.4, -0.2) is 65.1 Å². The van der Waals surface area contributed by atoms with Gasteiger partial charge in [-0.15, -0.1) is 0 Å². The molecule has 0 saturated carbocycles. The van der Waals surface area contributed by atoms with Gasteiger partial charge in [-0.3, -0.25) is 0 Å². The first-order chi connectivity index (χ1) is 10.4. The van der Waals surface area contributed by atoms with E-state index in [1.54, 1.807) is 9.80 Å². The fourth-order valence-electron chi connectivity index (χ4n) is 2.21. The molecule has 1 aliphatic heterocycles. The summed E-state index contributed by atoms with van der Waals surface area (Å²) in [6.07, 6.45) is -0.703. The molecular weight excluding hydrogens is 316 g/mol. The van der Waals surface area contributed by atoms with E-state index in [9.17, 15) is 9.59 Å². The number of carbonyl (C=O) groups is 2. The second-order valence-corrected chi connectivity index (χ2v) is 8.27. The van der Waals surface area contributed by atoms with Gasteiger partial charge < -0.3 is 19.3 Å². The molecule has 0 atom stereocenters. The van der Waals surface area contributed by atoms with Crippen molar-refractivity contribution in [3.05, 3.63) is 0 Å². The molecule has 0 aliphatic carbocycles. The SMILES string of the molecule is CC(C)(C)OC(=O)N1CCN(C(=O)OC(C)(C)C)CC(CS)C1. The molecule has 0 unspecified atom stereocenters. The van der Waals surface area contributed by atoms with Crippen molar-refractivity contribution in [1.29, 1.82) is 0 Å². The average molecular weight is 346 g/mol. The van der Waals surface area contributed by atoms with Gasteiger partial charge in [-0.2, -0.15) is 12.6 Å². The highest BCUT2D eigenvalue weighted by molar-refractivity contribution is 7.80. The first-order valence-electron chi connectivity index (χ1n) is 7.98. The zero-order valence-electron chi connectivity index (χ0n) is 15.1. The number of rotatable bonds is 1. The summed E-state index contributed by atoms with van der Waals surface area (Å²) < 4.78 is 10.9. The molecule has 0 aromatic carbocycles. The maximum atomic E-state index is 12.3. The molecule has 1 saturated heterocycles. The van der Waals surface area contributed by atoms with Crippen LogP contribution >= 0.6 is 12.6 Å². The normalized spacial score (nSPS) is 17.7. The Labute approximate surface area is 144 Å². The number of carbonyl (C=O) groups excluding carboxylic acids is 2. The maximum absolute atomic E-state index is 12.3. The van der Waals surface area contributed by atoms with Crippen molar-refractivity contribution < 1.29 is 19.1 Å². The Kier molecular flexibility index (Phi) is 6.62. The molecule has 23 heavy (non-hydrogen) atoms. The van der Waals surface area contributed by atoms with Crippen LogP contribution in [0, 0.1) is 5.92 Å². The number of hydrogen-bond acceptors (Lipinski definition) is 5. The molecular formula is C16H30N2O4S. The lowest BCUT2D eigenvalue weighted by Crippen LogP contribution is -2.41. The average Bonchev–Trinajstić information content (AvgIpc) is 2.57. The first-order valence-corrected chi connectivity index (χ1v) is 8.61. The minimum Gasteiger partial charge on any atom is -0.444 e.